The zero-order valence-electron chi connectivity index (χ0n) is 16.9. The van der Waals surface area contributed by atoms with Crippen molar-refractivity contribution < 1.29 is 24.3 Å². The Morgan fingerprint density at radius 1 is 1.21 bits per heavy atom. The van der Waals surface area contributed by atoms with E-state index in [4.69, 9.17) is 4.74 Å². The third kappa shape index (κ3) is 3.58. The van der Waals surface area contributed by atoms with Gasteiger partial charge in [0.25, 0.3) is 0 Å². The van der Waals surface area contributed by atoms with Crippen LogP contribution in [0.1, 0.15) is 65.7 Å². The molecule has 4 rings (SSSR count). The summed E-state index contributed by atoms with van der Waals surface area (Å²) in [4.78, 5) is 38.1. The zero-order chi connectivity index (χ0) is 20.3. The molecule has 2 heterocycles. The van der Waals surface area contributed by atoms with Gasteiger partial charge in [0, 0.05) is 19.0 Å². The van der Waals surface area contributed by atoms with Crippen LogP contribution in [0.5, 0.6) is 0 Å². The van der Waals surface area contributed by atoms with Crippen molar-refractivity contribution in [3.05, 3.63) is 0 Å². The number of carbonyl (C=O) groups is 3. The van der Waals surface area contributed by atoms with Crippen LogP contribution in [0.15, 0.2) is 0 Å². The number of nitrogens with one attached hydrogen (secondary N) is 1. The van der Waals surface area contributed by atoms with E-state index in [-0.39, 0.29) is 29.4 Å². The van der Waals surface area contributed by atoms with Gasteiger partial charge in [-0.2, -0.15) is 0 Å². The van der Waals surface area contributed by atoms with Gasteiger partial charge in [0.15, 0.2) is 0 Å². The molecule has 0 aromatic heterocycles. The molecule has 4 fully saturated rings. The monoisotopic (exact) mass is 393 g/mol. The molecular weight excluding hydrogens is 362 g/mol. The molecule has 8 nitrogen and oxygen atoms in total. The molecule has 0 aromatic rings. The molecule has 0 aromatic carbocycles. The predicted molar refractivity (Wildman–Crippen MR) is 99.3 cm³/mol. The van der Waals surface area contributed by atoms with Crippen LogP contribution in [0.4, 0.5) is 4.79 Å². The summed E-state index contributed by atoms with van der Waals surface area (Å²) in [6, 6.07) is -0.966. The molecule has 8 heteroatoms. The lowest BCUT2D eigenvalue weighted by molar-refractivity contribution is -0.159. The number of fused-ring (bicyclic) bond motifs is 2. The Kier molecular flexibility index (Phi) is 4.60. The summed E-state index contributed by atoms with van der Waals surface area (Å²) in [6.45, 7) is 6.07. The fourth-order valence-corrected chi connectivity index (χ4v) is 5.57. The Labute approximate surface area is 165 Å². The molecule has 156 valence electrons. The van der Waals surface area contributed by atoms with Gasteiger partial charge in [-0.1, -0.05) is 0 Å². The number of ether oxygens (including phenoxy) is 1. The maximum absolute atomic E-state index is 12.6. The lowest BCUT2D eigenvalue weighted by Crippen LogP contribution is -2.59. The Morgan fingerprint density at radius 3 is 2.54 bits per heavy atom. The molecule has 1 spiro atoms. The quantitative estimate of drug-likeness (QED) is 0.563. The van der Waals surface area contributed by atoms with Crippen LogP contribution >= 0.6 is 0 Å². The van der Waals surface area contributed by atoms with E-state index in [1.54, 1.807) is 0 Å². The van der Waals surface area contributed by atoms with Gasteiger partial charge in [-0.05, 0) is 70.6 Å². The summed E-state index contributed by atoms with van der Waals surface area (Å²) in [5.41, 5.74) is -0.166. The van der Waals surface area contributed by atoms with E-state index >= 15 is 0 Å². The number of hydrogen-bond acceptors (Lipinski definition) is 5. The summed E-state index contributed by atoms with van der Waals surface area (Å²) in [5, 5.41) is 13.6. The minimum absolute atomic E-state index is 0.105. The van der Waals surface area contributed by atoms with Crippen LogP contribution in [-0.4, -0.2) is 63.3 Å². The second-order valence-corrected chi connectivity index (χ2v) is 10.2. The molecule has 2 bridgehead atoms. The van der Waals surface area contributed by atoms with Crippen molar-refractivity contribution in [3.63, 3.8) is 0 Å². The highest BCUT2D eigenvalue weighted by Gasteiger charge is 2.54. The lowest BCUT2D eigenvalue weighted by Gasteiger charge is -2.58. The van der Waals surface area contributed by atoms with E-state index < -0.39 is 17.7 Å². The number of hydroxylamine groups is 2. The highest BCUT2D eigenvalue weighted by molar-refractivity contribution is 5.88. The van der Waals surface area contributed by atoms with E-state index in [1.807, 2.05) is 20.8 Å². The smallest absolute Gasteiger partial charge is 0.344 e. The second-order valence-electron chi connectivity index (χ2n) is 10.2. The SMILES string of the molecule is CC(C)(C)OC(=O)CC1CC2(C1)CC(NC(=O)[C@@H]1CC[C@@H]3CN1C(=O)N3O)C2. The van der Waals surface area contributed by atoms with E-state index in [9.17, 15) is 19.6 Å². The first kappa shape index (κ1) is 19.5. The number of rotatable bonds is 4. The first-order valence-corrected chi connectivity index (χ1v) is 10.4. The maximum Gasteiger partial charge on any atom is 0.344 e. The lowest BCUT2D eigenvalue weighted by atomic mass is 9.49. The maximum atomic E-state index is 12.6. The fourth-order valence-electron chi connectivity index (χ4n) is 5.57. The van der Waals surface area contributed by atoms with Crippen LogP contribution in [0, 0.1) is 11.3 Å². The molecule has 2 atom stereocenters. The van der Waals surface area contributed by atoms with Gasteiger partial charge < -0.3 is 15.0 Å². The molecule has 4 aliphatic rings. The Balaban J connectivity index is 1.19. The van der Waals surface area contributed by atoms with Gasteiger partial charge in [-0.15, -0.1) is 0 Å². The molecule has 2 saturated carbocycles. The van der Waals surface area contributed by atoms with E-state index in [1.165, 1.54) is 4.90 Å². The van der Waals surface area contributed by atoms with Crippen LogP contribution in [0.25, 0.3) is 0 Å². The van der Waals surface area contributed by atoms with Gasteiger partial charge in [-0.25, -0.2) is 9.86 Å². The number of esters is 1. The second kappa shape index (κ2) is 6.61. The third-order valence-electron chi connectivity index (χ3n) is 6.67. The average molecular weight is 393 g/mol. The molecule has 2 aliphatic carbocycles. The number of urea groups is 1. The first-order valence-electron chi connectivity index (χ1n) is 10.4. The number of amides is 3. The molecule has 0 unspecified atom stereocenters. The molecule has 2 N–H and O–H groups in total. The molecule has 28 heavy (non-hydrogen) atoms. The van der Waals surface area contributed by atoms with E-state index in [2.05, 4.69) is 5.32 Å². The number of carbonyl (C=O) groups excluding carboxylic acids is 3. The Morgan fingerprint density at radius 2 is 1.89 bits per heavy atom. The largest absolute Gasteiger partial charge is 0.460 e. The van der Waals surface area contributed by atoms with E-state index in [0.717, 1.165) is 30.7 Å². The minimum atomic E-state index is -0.473. The standard InChI is InChI=1S/C20H31N3O5/c1-19(2,3)28-16(24)6-12-7-20(8-12)9-13(10-20)21-17(25)15-5-4-14-11-22(15)18(26)23(14)27/h12-15,27H,4-11H2,1-3H3,(H,21,25)/t12?,13?,14-,15+,20?/m1/s1. The van der Waals surface area contributed by atoms with Gasteiger partial charge in [-0.3, -0.25) is 14.8 Å². The highest BCUT2D eigenvalue weighted by Crippen LogP contribution is 2.59. The number of nitrogens with zero attached hydrogens (tertiary/aromatic N) is 2. The van der Waals surface area contributed by atoms with Crippen LogP contribution in [-0.2, 0) is 14.3 Å². The fraction of sp³-hybridized carbons (Fsp3) is 0.850. The Bertz CT molecular complexity index is 674. The number of piperidine rings is 1. The van der Waals surface area contributed by atoms with Crippen molar-refractivity contribution in [2.45, 2.75) is 89.4 Å². The summed E-state index contributed by atoms with van der Waals surface area (Å²) < 4.78 is 5.40. The topological polar surface area (TPSA) is 99.2 Å². The van der Waals surface area contributed by atoms with E-state index in [0.29, 0.717) is 31.7 Å². The summed E-state index contributed by atoms with van der Waals surface area (Å²) in [6.07, 6.45) is 5.65. The normalized spacial score (nSPS) is 36.8. The average Bonchev–Trinajstić information content (AvgIpc) is 2.73. The molecule has 2 saturated heterocycles. The van der Waals surface area contributed by atoms with Crippen LogP contribution in [0.3, 0.4) is 0 Å². The van der Waals surface area contributed by atoms with Crippen molar-refractivity contribution in [3.8, 4) is 0 Å². The molecule has 0 radical (unpaired) electrons. The summed E-state index contributed by atoms with van der Waals surface area (Å²) in [5.74, 6) is 0.159. The molecule has 3 amide bonds. The van der Waals surface area contributed by atoms with Crippen molar-refractivity contribution in [1.82, 2.24) is 15.3 Å². The van der Waals surface area contributed by atoms with Gasteiger partial charge in [0.2, 0.25) is 5.91 Å². The Hall–Kier alpha value is -1.83. The van der Waals surface area contributed by atoms with Gasteiger partial charge in [0.05, 0.1) is 6.04 Å². The van der Waals surface area contributed by atoms with Gasteiger partial charge >= 0.3 is 12.0 Å². The third-order valence-corrected chi connectivity index (χ3v) is 6.67. The molecule has 2 aliphatic heterocycles. The van der Waals surface area contributed by atoms with Gasteiger partial charge in [0.1, 0.15) is 11.6 Å². The van der Waals surface area contributed by atoms with Crippen molar-refractivity contribution in [2.24, 2.45) is 11.3 Å². The van der Waals surface area contributed by atoms with Crippen molar-refractivity contribution in [1.29, 1.82) is 0 Å². The van der Waals surface area contributed by atoms with Crippen molar-refractivity contribution in [2.75, 3.05) is 6.54 Å². The molecular formula is C20H31N3O5. The first-order chi connectivity index (χ1) is 13.1. The summed E-state index contributed by atoms with van der Waals surface area (Å²) in [7, 11) is 0. The predicted octanol–water partition coefficient (Wildman–Crippen LogP) is 2.05. The van der Waals surface area contributed by atoms with Crippen LogP contribution < -0.4 is 5.32 Å². The van der Waals surface area contributed by atoms with Crippen LogP contribution in [0.2, 0.25) is 0 Å². The van der Waals surface area contributed by atoms with Crippen molar-refractivity contribution >= 4 is 17.9 Å². The summed E-state index contributed by atoms with van der Waals surface area (Å²) >= 11 is 0. The zero-order valence-corrected chi connectivity index (χ0v) is 16.9. The minimum Gasteiger partial charge on any atom is -0.460 e. The number of hydrogen-bond donors (Lipinski definition) is 2. The highest BCUT2D eigenvalue weighted by atomic mass is 16.6.